The summed E-state index contributed by atoms with van der Waals surface area (Å²) >= 11 is 0. The van der Waals surface area contributed by atoms with E-state index in [9.17, 15) is 5.11 Å². The highest BCUT2D eigenvalue weighted by Gasteiger charge is 2.19. The summed E-state index contributed by atoms with van der Waals surface area (Å²) in [5.41, 5.74) is 4.28. The van der Waals surface area contributed by atoms with Crippen LogP contribution in [0, 0.1) is 0 Å². The Morgan fingerprint density at radius 2 is 1.42 bits per heavy atom. The van der Waals surface area contributed by atoms with Crippen molar-refractivity contribution >= 4 is 0 Å². The first-order valence-electron chi connectivity index (χ1n) is 8.92. The second-order valence-electron chi connectivity index (χ2n) is 6.14. The SMILES string of the molecule is CCOc1c(OCC(C)O)ccc(-c2ccccc2)c1-c1ccccc1. The summed E-state index contributed by atoms with van der Waals surface area (Å²) in [6.45, 7) is 4.42. The highest BCUT2D eigenvalue weighted by Crippen LogP contribution is 2.45. The molecule has 0 heterocycles. The van der Waals surface area contributed by atoms with Gasteiger partial charge < -0.3 is 14.6 Å². The van der Waals surface area contributed by atoms with Crippen LogP contribution in [0.4, 0.5) is 0 Å². The van der Waals surface area contributed by atoms with E-state index < -0.39 is 6.10 Å². The Balaban J connectivity index is 2.20. The number of rotatable bonds is 7. The summed E-state index contributed by atoms with van der Waals surface area (Å²) in [5.74, 6) is 1.35. The molecule has 3 rings (SSSR count). The number of aliphatic hydroxyl groups excluding tert-OH is 1. The molecule has 1 atom stereocenters. The summed E-state index contributed by atoms with van der Waals surface area (Å²) < 4.78 is 11.8. The molecule has 0 aliphatic rings. The third kappa shape index (κ3) is 4.06. The molecule has 0 bridgehead atoms. The van der Waals surface area contributed by atoms with Crippen molar-refractivity contribution in [1.82, 2.24) is 0 Å². The third-order valence-electron chi connectivity index (χ3n) is 4.04. The van der Waals surface area contributed by atoms with Gasteiger partial charge in [-0.2, -0.15) is 0 Å². The second kappa shape index (κ2) is 8.54. The summed E-state index contributed by atoms with van der Waals surface area (Å²) in [6, 6.07) is 24.4. The minimum atomic E-state index is -0.543. The van der Waals surface area contributed by atoms with E-state index in [2.05, 4.69) is 30.3 Å². The van der Waals surface area contributed by atoms with Crippen molar-refractivity contribution in [3.63, 3.8) is 0 Å². The average molecular weight is 348 g/mol. The van der Waals surface area contributed by atoms with Gasteiger partial charge in [-0.1, -0.05) is 60.7 Å². The Hall–Kier alpha value is -2.78. The zero-order chi connectivity index (χ0) is 18.4. The Labute approximate surface area is 154 Å². The van der Waals surface area contributed by atoms with Crippen LogP contribution in [0.3, 0.4) is 0 Å². The molecule has 0 aliphatic carbocycles. The molecule has 0 radical (unpaired) electrons. The van der Waals surface area contributed by atoms with Crippen LogP contribution in [0.5, 0.6) is 11.5 Å². The smallest absolute Gasteiger partial charge is 0.169 e. The largest absolute Gasteiger partial charge is 0.489 e. The Morgan fingerprint density at radius 1 is 0.808 bits per heavy atom. The Bertz CT molecular complexity index is 827. The fourth-order valence-electron chi connectivity index (χ4n) is 2.92. The predicted molar refractivity (Wildman–Crippen MR) is 106 cm³/mol. The van der Waals surface area contributed by atoms with E-state index in [0.29, 0.717) is 18.1 Å². The summed E-state index contributed by atoms with van der Waals surface area (Å²) in [4.78, 5) is 0. The lowest BCUT2D eigenvalue weighted by molar-refractivity contribution is 0.120. The van der Waals surface area contributed by atoms with Crippen LogP contribution in [0.15, 0.2) is 72.8 Å². The first kappa shape index (κ1) is 18.0. The van der Waals surface area contributed by atoms with Gasteiger partial charge >= 0.3 is 0 Å². The normalized spacial score (nSPS) is 11.8. The number of aliphatic hydroxyl groups is 1. The van der Waals surface area contributed by atoms with Crippen molar-refractivity contribution in [2.24, 2.45) is 0 Å². The van der Waals surface area contributed by atoms with E-state index in [1.54, 1.807) is 6.92 Å². The molecular formula is C23H24O3. The number of benzene rings is 3. The number of ether oxygens (including phenoxy) is 2. The standard InChI is InChI=1S/C23H24O3/c1-3-25-23-21(26-16-17(2)24)15-14-20(18-10-6-4-7-11-18)22(23)19-12-8-5-9-13-19/h4-15,17,24H,3,16H2,1-2H3. The lowest BCUT2D eigenvalue weighted by Gasteiger charge is -2.20. The molecule has 0 aliphatic heterocycles. The van der Waals surface area contributed by atoms with Gasteiger partial charge in [0.2, 0.25) is 0 Å². The first-order chi connectivity index (χ1) is 12.7. The highest BCUT2D eigenvalue weighted by atomic mass is 16.5. The van der Waals surface area contributed by atoms with Crippen LogP contribution in [-0.2, 0) is 0 Å². The molecule has 1 N–H and O–H groups in total. The molecule has 0 spiro atoms. The highest BCUT2D eigenvalue weighted by molar-refractivity contribution is 5.89. The van der Waals surface area contributed by atoms with E-state index >= 15 is 0 Å². The van der Waals surface area contributed by atoms with Gasteiger partial charge in [0, 0.05) is 5.56 Å². The molecule has 0 aromatic heterocycles. The van der Waals surface area contributed by atoms with Gasteiger partial charge in [0.1, 0.15) is 6.61 Å². The van der Waals surface area contributed by atoms with Gasteiger partial charge in [0.25, 0.3) is 0 Å². The molecule has 3 nitrogen and oxygen atoms in total. The summed E-state index contributed by atoms with van der Waals surface area (Å²) in [5, 5.41) is 9.59. The van der Waals surface area contributed by atoms with E-state index in [1.165, 1.54) is 0 Å². The van der Waals surface area contributed by atoms with E-state index in [4.69, 9.17) is 9.47 Å². The zero-order valence-corrected chi connectivity index (χ0v) is 15.2. The summed E-state index contributed by atoms with van der Waals surface area (Å²) in [7, 11) is 0. The monoisotopic (exact) mass is 348 g/mol. The van der Waals surface area contributed by atoms with Crippen molar-refractivity contribution < 1.29 is 14.6 Å². The van der Waals surface area contributed by atoms with Crippen molar-refractivity contribution in [2.45, 2.75) is 20.0 Å². The lowest BCUT2D eigenvalue weighted by Crippen LogP contribution is -2.13. The molecule has 0 fully saturated rings. The maximum absolute atomic E-state index is 9.59. The van der Waals surface area contributed by atoms with Crippen LogP contribution in [0.1, 0.15) is 13.8 Å². The number of hydrogen-bond donors (Lipinski definition) is 1. The molecule has 0 saturated carbocycles. The second-order valence-corrected chi connectivity index (χ2v) is 6.14. The molecule has 0 saturated heterocycles. The molecule has 3 aromatic carbocycles. The quantitative estimate of drug-likeness (QED) is 0.639. The summed E-state index contributed by atoms with van der Waals surface area (Å²) in [6.07, 6.45) is -0.543. The van der Waals surface area contributed by atoms with Crippen molar-refractivity contribution in [2.75, 3.05) is 13.2 Å². The van der Waals surface area contributed by atoms with Gasteiger partial charge in [-0.15, -0.1) is 0 Å². The fraction of sp³-hybridized carbons (Fsp3) is 0.217. The minimum Gasteiger partial charge on any atom is -0.489 e. The van der Waals surface area contributed by atoms with Gasteiger partial charge in [-0.05, 0) is 42.7 Å². The Morgan fingerprint density at radius 3 is 2.00 bits per heavy atom. The van der Waals surface area contributed by atoms with Crippen LogP contribution in [0.25, 0.3) is 22.3 Å². The van der Waals surface area contributed by atoms with Gasteiger partial charge in [0.05, 0.1) is 12.7 Å². The molecule has 0 amide bonds. The number of hydrogen-bond acceptors (Lipinski definition) is 3. The van der Waals surface area contributed by atoms with E-state index in [0.717, 1.165) is 22.3 Å². The van der Waals surface area contributed by atoms with Crippen molar-refractivity contribution in [3.8, 4) is 33.8 Å². The van der Waals surface area contributed by atoms with E-state index in [1.807, 2.05) is 49.4 Å². The molecule has 3 aromatic rings. The third-order valence-corrected chi connectivity index (χ3v) is 4.04. The maximum Gasteiger partial charge on any atom is 0.169 e. The molecule has 134 valence electrons. The topological polar surface area (TPSA) is 38.7 Å². The molecule has 1 unspecified atom stereocenters. The fourth-order valence-corrected chi connectivity index (χ4v) is 2.92. The molecular weight excluding hydrogens is 324 g/mol. The van der Waals surface area contributed by atoms with Crippen LogP contribution in [-0.4, -0.2) is 24.4 Å². The lowest BCUT2D eigenvalue weighted by atomic mass is 9.93. The van der Waals surface area contributed by atoms with Gasteiger partial charge in [0.15, 0.2) is 11.5 Å². The van der Waals surface area contributed by atoms with E-state index in [-0.39, 0.29) is 6.61 Å². The first-order valence-corrected chi connectivity index (χ1v) is 8.92. The van der Waals surface area contributed by atoms with Crippen molar-refractivity contribution in [3.05, 3.63) is 72.8 Å². The van der Waals surface area contributed by atoms with Crippen LogP contribution >= 0.6 is 0 Å². The molecule has 26 heavy (non-hydrogen) atoms. The van der Waals surface area contributed by atoms with Crippen LogP contribution in [0.2, 0.25) is 0 Å². The molecule has 3 heteroatoms. The average Bonchev–Trinajstić information content (AvgIpc) is 2.68. The van der Waals surface area contributed by atoms with Crippen LogP contribution < -0.4 is 9.47 Å². The van der Waals surface area contributed by atoms with Crippen molar-refractivity contribution in [1.29, 1.82) is 0 Å². The van der Waals surface area contributed by atoms with Gasteiger partial charge in [-0.3, -0.25) is 0 Å². The Kier molecular flexibility index (Phi) is 5.92. The zero-order valence-electron chi connectivity index (χ0n) is 15.2. The maximum atomic E-state index is 9.59. The minimum absolute atomic E-state index is 0.221. The van der Waals surface area contributed by atoms with Gasteiger partial charge in [-0.25, -0.2) is 0 Å². The predicted octanol–water partition coefficient (Wildman–Crippen LogP) is 5.18.